The van der Waals surface area contributed by atoms with Crippen molar-refractivity contribution in [1.82, 2.24) is 4.90 Å². The van der Waals surface area contributed by atoms with Crippen molar-refractivity contribution in [1.29, 1.82) is 0 Å². The predicted octanol–water partition coefficient (Wildman–Crippen LogP) is 3.26. The lowest BCUT2D eigenvalue weighted by atomic mass is 9.94. The maximum atomic E-state index is 12.4. The van der Waals surface area contributed by atoms with Gasteiger partial charge in [-0.2, -0.15) is 0 Å². The van der Waals surface area contributed by atoms with Crippen molar-refractivity contribution in [2.75, 3.05) is 13.1 Å². The van der Waals surface area contributed by atoms with Gasteiger partial charge < -0.3 is 10.6 Å². The van der Waals surface area contributed by atoms with E-state index in [1.807, 2.05) is 6.07 Å². The fourth-order valence-electron chi connectivity index (χ4n) is 2.99. The van der Waals surface area contributed by atoms with Crippen LogP contribution in [0.25, 0.3) is 0 Å². The number of likely N-dealkylation sites (tertiary alicyclic amines) is 1. The van der Waals surface area contributed by atoms with Crippen LogP contribution in [0.1, 0.15) is 56.6 Å². The van der Waals surface area contributed by atoms with Gasteiger partial charge in [-0.3, -0.25) is 4.79 Å². The Kier molecular flexibility index (Phi) is 6.06. The monoisotopic (exact) mass is 274 g/mol. The number of carbonyl (C=O) groups is 1. The molecule has 1 aromatic rings. The van der Waals surface area contributed by atoms with Crippen LogP contribution < -0.4 is 5.73 Å². The van der Waals surface area contributed by atoms with E-state index in [2.05, 4.69) is 29.2 Å². The molecule has 0 aromatic heterocycles. The van der Waals surface area contributed by atoms with E-state index in [0.717, 1.165) is 45.2 Å². The molecule has 0 spiro atoms. The first-order chi connectivity index (χ1) is 9.83. The molecule has 0 saturated carbocycles. The number of piperidine rings is 1. The van der Waals surface area contributed by atoms with E-state index in [4.69, 9.17) is 5.73 Å². The number of carbonyl (C=O) groups excluding carboxylic acids is 1. The summed E-state index contributed by atoms with van der Waals surface area (Å²) < 4.78 is 0. The molecule has 0 aliphatic carbocycles. The van der Waals surface area contributed by atoms with E-state index in [9.17, 15) is 4.79 Å². The third-order valence-corrected chi connectivity index (χ3v) is 4.10. The number of hydrogen-bond acceptors (Lipinski definition) is 2. The van der Waals surface area contributed by atoms with Gasteiger partial charge in [-0.05, 0) is 44.2 Å². The number of nitrogens with zero attached hydrogens (tertiary/aromatic N) is 1. The van der Waals surface area contributed by atoms with E-state index in [1.165, 1.54) is 12.0 Å². The zero-order valence-corrected chi connectivity index (χ0v) is 12.3. The zero-order valence-electron chi connectivity index (χ0n) is 12.3. The van der Waals surface area contributed by atoms with E-state index in [0.29, 0.717) is 12.3 Å². The maximum absolute atomic E-state index is 12.4. The molecule has 3 heteroatoms. The van der Waals surface area contributed by atoms with Gasteiger partial charge in [-0.1, -0.05) is 36.8 Å². The minimum atomic E-state index is 0.284. The van der Waals surface area contributed by atoms with Crippen LogP contribution >= 0.6 is 0 Å². The van der Waals surface area contributed by atoms with Gasteiger partial charge in [0.05, 0.1) is 6.04 Å². The molecule has 2 rings (SSSR count). The van der Waals surface area contributed by atoms with Gasteiger partial charge in [0.1, 0.15) is 0 Å². The van der Waals surface area contributed by atoms with Crippen molar-refractivity contribution < 1.29 is 4.79 Å². The quantitative estimate of drug-likeness (QED) is 0.809. The Morgan fingerprint density at radius 2 is 1.95 bits per heavy atom. The molecule has 0 radical (unpaired) electrons. The van der Waals surface area contributed by atoms with Crippen LogP contribution in [0, 0.1) is 0 Å². The number of benzene rings is 1. The Hall–Kier alpha value is -1.35. The van der Waals surface area contributed by atoms with Gasteiger partial charge >= 0.3 is 0 Å². The molecule has 110 valence electrons. The average Bonchev–Trinajstić information content (AvgIpc) is 2.52. The molecule has 1 heterocycles. The zero-order chi connectivity index (χ0) is 14.2. The Morgan fingerprint density at radius 3 is 2.70 bits per heavy atom. The fourth-order valence-corrected chi connectivity index (χ4v) is 2.99. The van der Waals surface area contributed by atoms with Crippen molar-refractivity contribution in [3.8, 4) is 0 Å². The van der Waals surface area contributed by atoms with Crippen LogP contribution in [0.3, 0.4) is 0 Å². The van der Waals surface area contributed by atoms with E-state index >= 15 is 0 Å². The van der Waals surface area contributed by atoms with Gasteiger partial charge in [-0.25, -0.2) is 0 Å². The highest BCUT2D eigenvalue weighted by Crippen LogP contribution is 2.31. The van der Waals surface area contributed by atoms with Gasteiger partial charge in [-0.15, -0.1) is 0 Å². The summed E-state index contributed by atoms with van der Waals surface area (Å²) in [6, 6.07) is 10.7. The van der Waals surface area contributed by atoms with Gasteiger partial charge in [0.15, 0.2) is 0 Å². The number of hydrogen-bond donors (Lipinski definition) is 1. The van der Waals surface area contributed by atoms with Crippen LogP contribution in [0.2, 0.25) is 0 Å². The highest BCUT2D eigenvalue weighted by atomic mass is 16.2. The summed E-state index contributed by atoms with van der Waals surface area (Å²) >= 11 is 0. The maximum Gasteiger partial charge on any atom is 0.223 e. The summed E-state index contributed by atoms with van der Waals surface area (Å²) in [5.74, 6) is 0.315. The molecule has 3 nitrogen and oxygen atoms in total. The first-order valence-corrected chi connectivity index (χ1v) is 7.87. The highest BCUT2D eigenvalue weighted by molar-refractivity contribution is 5.76. The Bertz CT molecular complexity index is 405. The minimum absolute atomic E-state index is 0.284. The predicted molar refractivity (Wildman–Crippen MR) is 82.3 cm³/mol. The molecule has 1 aromatic carbocycles. The van der Waals surface area contributed by atoms with Crippen LogP contribution in [-0.2, 0) is 4.79 Å². The van der Waals surface area contributed by atoms with Gasteiger partial charge in [0.2, 0.25) is 5.91 Å². The fraction of sp³-hybridized carbons (Fsp3) is 0.588. The van der Waals surface area contributed by atoms with Crippen molar-refractivity contribution in [2.45, 2.75) is 51.0 Å². The summed E-state index contributed by atoms with van der Waals surface area (Å²) in [5.41, 5.74) is 6.77. The molecular formula is C17H26N2O. The number of nitrogens with two attached hydrogens (primary N) is 1. The highest BCUT2D eigenvalue weighted by Gasteiger charge is 2.27. The van der Waals surface area contributed by atoms with Gasteiger partial charge in [0, 0.05) is 13.0 Å². The first-order valence-electron chi connectivity index (χ1n) is 7.87. The molecule has 0 bridgehead atoms. The summed E-state index contributed by atoms with van der Waals surface area (Å²) in [4.78, 5) is 14.5. The second-order valence-corrected chi connectivity index (χ2v) is 5.61. The summed E-state index contributed by atoms with van der Waals surface area (Å²) in [7, 11) is 0. The smallest absolute Gasteiger partial charge is 0.223 e. The van der Waals surface area contributed by atoms with E-state index in [-0.39, 0.29) is 6.04 Å². The molecule has 1 amide bonds. The third kappa shape index (κ3) is 4.07. The topological polar surface area (TPSA) is 46.3 Å². The lowest BCUT2D eigenvalue weighted by molar-refractivity contribution is -0.135. The molecule has 1 aliphatic rings. The van der Waals surface area contributed by atoms with Crippen molar-refractivity contribution >= 4 is 5.91 Å². The largest absolute Gasteiger partial charge is 0.336 e. The molecule has 1 aliphatic heterocycles. The standard InChI is InChI=1S/C17H26N2O/c18-13-7-2-5-12-17(20)19-14-8-6-11-16(19)15-9-3-1-4-10-15/h1,3-4,9-10,16H,2,5-8,11-14,18H2. The van der Waals surface area contributed by atoms with E-state index < -0.39 is 0 Å². The Balaban J connectivity index is 1.94. The average molecular weight is 274 g/mol. The minimum Gasteiger partial charge on any atom is -0.336 e. The van der Waals surface area contributed by atoms with Crippen LogP contribution in [0.5, 0.6) is 0 Å². The second-order valence-electron chi connectivity index (χ2n) is 5.61. The molecule has 1 saturated heterocycles. The molecule has 20 heavy (non-hydrogen) atoms. The second kappa shape index (κ2) is 8.05. The number of unbranched alkanes of at least 4 members (excludes halogenated alkanes) is 2. The van der Waals surface area contributed by atoms with Crippen LogP contribution in [0.4, 0.5) is 0 Å². The molecule has 1 unspecified atom stereocenters. The number of amides is 1. The summed E-state index contributed by atoms with van der Waals surface area (Å²) in [5, 5.41) is 0. The molecule has 1 fully saturated rings. The Labute approximate surface area is 122 Å². The van der Waals surface area contributed by atoms with Crippen molar-refractivity contribution in [2.24, 2.45) is 5.73 Å². The molecular weight excluding hydrogens is 248 g/mol. The first kappa shape index (κ1) is 15.0. The van der Waals surface area contributed by atoms with Crippen molar-refractivity contribution in [3.63, 3.8) is 0 Å². The van der Waals surface area contributed by atoms with Crippen molar-refractivity contribution in [3.05, 3.63) is 35.9 Å². The Morgan fingerprint density at radius 1 is 1.15 bits per heavy atom. The van der Waals surface area contributed by atoms with Crippen LogP contribution in [-0.4, -0.2) is 23.9 Å². The normalized spacial score (nSPS) is 19.1. The SMILES string of the molecule is NCCCCCC(=O)N1CCCCC1c1ccccc1. The lowest BCUT2D eigenvalue weighted by Gasteiger charge is -2.36. The lowest BCUT2D eigenvalue weighted by Crippen LogP contribution is -2.38. The summed E-state index contributed by atoms with van der Waals surface area (Å²) in [6.45, 7) is 1.64. The van der Waals surface area contributed by atoms with Crippen LogP contribution in [0.15, 0.2) is 30.3 Å². The summed E-state index contributed by atoms with van der Waals surface area (Å²) in [6.07, 6.45) is 7.17. The van der Waals surface area contributed by atoms with Gasteiger partial charge in [0.25, 0.3) is 0 Å². The molecule has 1 atom stereocenters. The van der Waals surface area contributed by atoms with E-state index in [1.54, 1.807) is 0 Å². The molecule has 2 N–H and O–H groups in total. The third-order valence-electron chi connectivity index (χ3n) is 4.10. The number of rotatable bonds is 6.